The molecule has 1 aromatic carbocycles. The van der Waals surface area contributed by atoms with Crippen molar-refractivity contribution in [2.75, 3.05) is 0 Å². The van der Waals surface area contributed by atoms with Gasteiger partial charge in [-0.3, -0.25) is 9.59 Å². The van der Waals surface area contributed by atoms with E-state index in [4.69, 9.17) is 0 Å². The molecule has 1 amide bonds. The molecule has 4 aliphatic carbocycles. The van der Waals surface area contributed by atoms with Crippen molar-refractivity contribution in [1.82, 2.24) is 5.32 Å². The summed E-state index contributed by atoms with van der Waals surface area (Å²) in [5.41, 5.74) is -0.146. The first-order valence-electron chi connectivity index (χ1n) is 9.85. The lowest BCUT2D eigenvalue weighted by Gasteiger charge is -2.62. The van der Waals surface area contributed by atoms with E-state index in [1.807, 2.05) is 44.2 Å². The van der Waals surface area contributed by atoms with Gasteiger partial charge in [0.05, 0.1) is 10.8 Å². The molecule has 4 heteroatoms. The van der Waals surface area contributed by atoms with Gasteiger partial charge in [-0.05, 0) is 68.8 Å². The van der Waals surface area contributed by atoms with Crippen LogP contribution in [0.15, 0.2) is 30.3 Å². The Morgan fingerprint density at radius 2 is 1.85 bits per heavy atom. The Morgan fingerprint density at radius 3 is 2.50 bits per heavy atom. The maximum Gasteiger partial charge on any atom is 0.309 e. The van der Waals surface area contributed by atoms with E-state index in [1.54, 1.807) is 0 Å². The Balaban J connectivity index is 1.57. The van der Waals surface area contributed by atoms with E-state index in [1.165, 1.54) is 0 Å². The van der Waals surface area contributed by atoms with Crippen LogP contribution in [0.4, 0.5) is 0 Å². The van der Waals surface area contributed by atoms with Crippen molar-refractivity contribution in [2.24, 2.45) is 29.1 Å². The zero-order chi connectivity index (χ0) is 18.7. The zero-order valence-electron chi connectivity index (χ0n) is 15.9. The largest absolute Gasteiger partial charge is 0.481 e. The number of aliphatic carboxylic acids is 1. The van der Waals surface area contributed by atoms with Gasteiger partial charge < -0.3 is 10.4 Å². The lowest BCUT2D eigenvalue weighted by Crippen LogP contribution is -2.65. The van der Waals surface area contributed by atoms with E-state index in [9.17, 15) is 14.7 Å². The number of hydrogen-bond donors (Lipinski definition) is 2. The van der Waals surface area contributed by atoms with Crippen molar-refractivity contribution >= 4 is 11.9 Å². The number of carboxylic acid groups (broad SMARTS) is 1. The molecule has 0 spiro atoms. The maximum absolute atomic E-state index is 13.2. The molecule has 0 heterocycles. The van der Waals surface area contributed by atoms with E-state index >= 15 is 0 Å². The Morgan fingerprint density at radius 1 is 1.15 bits per heavy atom. The van der Waals surface area contributed by atoms with Crippen molar-refractivity contribution in [3.8, 4) is 0 Å². The van der Waals surface area contributed by atoms with Gasteiger partial charge in [-0.2, -0.15) is 0 Å². The predicted octanol–water partition coefficient (Wildman–Crippen LogP) is 3.61. The molecule has 6 unspecified atom stereocenters. The van der Waals surface area contributed by atoms with Crippen molar-refractivity contribution in [1.29, 1.82) is 0 Å². The molecule has 4 fully saturated rings. The predicted molar refractivity (Wildman–Crippen MR) is 99.6 cm³/mol. The molecule has 1 aromatic rings. The molecular formula is C22H29NO3. The van der Waals surface area contributed by atoms with Gasteiger partial charge in [-0.1, -0.05) is 37.3 Å². The molecule has 0 radical (unpaired) electrons. The highest BCUT2D eigenvalue weighted by molar-refractivity contribution is 5.87. The number of rotatable bonds is 4. The van der Waals surface area contributed by atoms with Crippen LogP contribution in [0.3, 0.4) is 0 Å². The number of amides is 1. The monoisotopic (exact) mass is 355 g/mol. The number of benzene rings is 1. The number of carboxylic acids is 1. The molecule has 140 valence electrons. The molecule has 4 nitrogen and oxygen atoms in total. The van der Waals surface area contributed by atoms with Gasteiger partial charge >= 0.3 is 5.97 Å². The van der Waals surface area contributed by atoms with Crippen molar-refractivity contribution < 1.29 is 14.7 Å². The molecular weight excluding hydrogens is 326 g/mol. The molecule has 0 aromatic heterocycles. The van der Waals surface area contributed by atoms with Gasteiger partial charge in [-0.25, -0.2) is 0 Å². The number of carbonyl (C=O) groups is 2. The van der Waals surface area contributed by atoms with Crippen molar-refractivity contribution in [2.45, 2.75) is 57.9 Å². The summed E-state index contributed by atoms with van der Waals surface area (Å²) in [5, 5.41) is 13.3. The maximum atomic E-state index is 13.2. The Labute approximate surface area is 155 Å². The smallest absolute Gasteiger partial charge is 0.309 e. The normalized spacial score (nSPS) is 38.2. The third-order valence-corrected chi connectivity index (χ3v) is 7.79. The van der Waals surface area contributed by atoms with Crippen LogP contribution < -0.4 is 5.32 Å². The Kier molecular flexibility index (Phi) is 3.94. The summed E-state index contributed by atoms with van der Waals surface area (Å²) in [7, 11) is 0. The summed E-state index contributed by atoms with van der Waals surface area (Å²) >= 11 is 0. The lowest BCUT2D eigenvalue weighted by molar-refractivity contribution is -0.180. The average molecular weight is 355 g/mol. The fourth-order valence-corrected chi connectivity index (χ4v) is 6.20. The third-order valence-electron chi connectivity index (χ3n) is 7.79. The summed E-state index contributed by atoms with van der Waals surface area (Å²) in [6.45, 7) is 6.03. The molecule has 6 atom stereocenters. The fourth-order valence-electron chi connectivity index (χ4n) is 6.20. The summed E-state index contributed by atoms with van der Waals surface area (Å²) in [4.78, 5) is 25.2. The van der Waals surface area contributed by atoms with Crippen LogP contribution in [-0.4, -0.2) is 23.0 Å². The van der Waals surface area contributed by atoms with E-state index in [0.29, 0.717) is 18.3 Å². The Hall–Kier alpha value is -1.84. The quantitative estimate of drug-likeness (QED) is 0.867. The second kappa shape index (κ2) is 5.83. The molecule has 5 rings (SSSR count). The fraction of sp³-hybridized carbons (Fsp3) is 0.636. The number of carbonyl (C=O) groups excluding carboxylic acids is 1. The molecule has 0 saturated heterocycles. The standard InChI is InChI=1S/C22H29NO3/c1-13-17-10-14-9-15(12-22(13,11-14)20(25)26)18(17)23-19(24)21(2,3)16-7-5-4-6-8-16/h4-8,13-15,17-18H,9-12H2,1-3H3,(H,23,24)(H,25,26). The molecule has 4 saturated carbocycles. The SMILES string of the molecule is CC1C2CC3CC(CC1(C(=O)O)C3)C2NC(=O)C(C)(C)c1ccccc1. The van der Waals surface area contributed by atoms with Gasteiger partial charge in [0.15, 0.2) is 0 Å². The summed E-state index contributed by atoms with van der Waals surface area (Å²) in [6.07, 6.45) is 3.66. The first kappa shape index (κ1) is 17.6. The topological polar surface area (TPSA) is 66.4 Å². The van der Waals surface area contributed by atoms with Crippen LogP contribution in [0.1, 0.15) is 52.0 Å². The second-order valence-electron chi connectivity index (χ2n) is 9.41. The van der Waals surface area contributed by atoms with Gasteiger partial charge in [0.25, 0.3) is 0 Å². The van der Waals surface area contributed by atoms with Crippen LogP contribution >= 0.6 is 0 Å². The van der Waals surface area contributed by atoms with E-state index < -0.39 is 16.8 Å². The van der Waals surface area contributed by atoms with Gasteiger partial charge in [0.1, 0.15) is 0 Å². The van der Waals surface area contributed by atoms with E-state index in [2.05, 4.69) is 12.2 Å². The first-order chi connectivity index (χ1) is 12.3. The van der Waals surface area contributed by atoms with Crippen molar-refractivity contribution in [3.05, 3.63) is 35.9 Å². The van der Waals surface area contributed by atoms with Gasteiger partial charge in [0.2, 0.25) is 5.91 Å². The van der Waals surface area contributed by atoms with Gasteiger partial charge in [-0.15, -0.1) is 0 Å². The van der Waals surface area contributed by atoms with Crippen LogP contribution in [0.2, 0.25) is 0 Å². The van der Waals surface area contributed by atoms with Crippen LogP contribution in [0.25, 0.3) is 0 Å². The highest BCUT2D eigenvalue weighted by Crippen LogP contribution is 2.62. The molecule has 2 N–H and O–H groups in total. The Bertz CT molecular complexity index is 728. The third kappa shape index (κ3) is 2.41. The first-order valence-corrected chi connectivity index (χ1v) is 9.85. The minimum absolute atomic E-state index is 0.0535. The highest BCUT2D eigenvalue weighted by Gasteiger charge is 2.63. The van der Waals surface area contributed by atoms with E-state index in [-0.39, 0.29) is 23.8 Å². The number of nitrogens with one attached hydrogen (secondary N) is 1. The minimum Gasteiger partial charge on any atom is -0.481 e. The average Bonchev–Trinajstić information content (AvgIpc) is 2.62. The summed E-state index contributed by atoms with van der Waals surface area (Å²) < 4.78 is 0. The summed E-state index contributed by atoms with van der Waals surface area (Å²) in [5.74, 6) is 0.652. The van der Waals surface area contributed by atoms with Crippen LogP contribution in [-0.2, 0) is 15.0 Å². The molecule has 26 heavy (non-hydrogen) atoms. The van der Waals surface area contributed by atoms with Crippen LogP contribution in [0, 0.1) is 29.1 Å². The highest BCUT2D eigenvalue weighted by atomic mass is 16.4. The van der Waals surface area contributed by atoms with Crippen LogP contribution in [0.5, 0.6) is 0 Å². The minimum atomic E-state index is -0.626. The molecule has 4 aliphatic rings. The number of hydrogen-bond acceptors (Lipinski definition) is 2. The lowest BCUT2D eigenvalue weighted by atomic mass is 9.44. The zero-order valence-corrected chi connectivity index (χ0v) is 15.9. The second-order valence-corrected chi connectivity index (χ2v) is 9.41. The van der Waals surface area contributed by atoms with Gasteiger partial charge in [0, 0.05) is 6.04 Å². The summed E-state index contributed by atoms with van der Waals surface area (Å²) in [6, 6.07) is 10.0. The van der Waals surface area contributed by atoms with E-state index in [0.717, 1.165) is 24.8 Å². The molecule has 4 bridgehead atoms. The van der Waals surface area contributed by atoms with Crippen molar-refractivity contribution in [3.63, 3.8) is 0 Å². The molecule has 0 aliphatic heterocycles.